The second kappa shape index (κ2) is 19.2. The van der Waals surface area contributed by atoms with Crippen LogP contribution in [0.2, 0.25) is 0 Å². The number of para-hydroxylation sites is 1. The molecule has 0 spiro atoms. The molecule has 2 saturated heterocycles. The molecule has 2 fully saturated rings. The number of thiazole rings is 1. The van der Waals surface area contributed by atoms with E-state index in [1.165, 1.54) is 11.3 Å². The first-order valence-electron chi connectivity index (χ1n) is 23.3. The molecule has 7 aromatic rings. The summed E-state index contributed by atoms with van der Waals surface area (Å²) in [5.41, 5.74) is 7.37. The molecule has 4 aromatic carbocycles. The number of hydrogen-bond acceptors (Lipinski definition) is 12. The van der Waals surface area contributed by atoms with E-state index < -0.39 is 11.9 Å². The number of anilines is 3. The minimum Gasteiger partial charge on any atom is -0.493 e. The lowest BCUT2D eigenvalue weighted by Gasteiger charge is -2.31. The van der Waals surface area contributed by atoms with Crippen molar-refractivity contribution < 1.29 is 33.8 Å². The molecule has 17 heteroatoms. The van der Waals surface area contributed by atoms with Gasteiger partial charge in [-0.25, -0.2) is 14.8 Å². The van der Waals surface area contributed by atoms with Gasteiger partial charge >= 0.3 is 5.97 Å². The van der Waals surface area contributed by atoms with Gasteiger partial charge in [0.1, 0.15) is 11.6 Å². The van der Waals surface area contributed by atoms with Gasteiger partial charge in [0.15, 0.2) is 10.8 Å². The third-order valence-electron chi connectivity index (χ3n) is 13.5. The smallest absolute Gasteiger partial charge is 0.355 e. The Kier molecular flexibility index (Phi) is 12.6. The number of benzene rings is 4. The molecule has 3 aromatic heterocycles. The fourth-order valence-electron chi connectivity index (χ4n) is 9.97. The Morgan fingerprint density at radius 3 is 2.61 bits per heavy atom. The van der Waals surface area contributed by atoms with Crippen LogP contribution in [0.25, 0.3) is 32.2 Å². The average molecular weight is 946 g/mol. The Morgan fingerprint density at radius 1 is 0.913 bits per heavy atom. The average Bonchev–Trinajstić information content (AvgIpc) is 4.06. The Bertz CT molecular complexity index is 3150. The molecule has 6 heterocycles. The number of pyridine rings is 1. The van der Waals surface area contributed by atoms with Crippen molar-refractivity contribution >= 4 is 78.7 Å². The molecule has 2 atom stereocenters. The fraction of sp³-hybridized carbons (Fsp3) is 0.308. The van der Waals surface area contributed by atoms with Crippen molar-refractivity contribution in [2.45, 2.75) is 57.9 Å². The van der Waals surface area contributed by atoms with E-state index in [9.17, 15) is 29.1 Å². The van der Waals surface area contributed by atoms with E-state index in [-0.39, 0.29) is 42.3 Å². The maximum Gasteiger partial charge on any atom is 0.355 e. The molecule has 0 aliphatic carbocycles. The normalized spacial score (nSPS) is 17.2. The summed E-state index contributed by atoms with van der Waals surface area (Å²) in [5.74, 6) is -0.963. The standard InChI is InChI=1S/C52H51N9O7S/c1-30-34(35-17-19-44(55-48(35)51(66)67)61-24-22-32-9-5-11-36(39(32)28-61)49(64)57-52-54-40-12-3-4-14-43(40)69-52)10-6-13-42(30)68-25-7-8-31-21-23-60(27-31)29-46(63)53-33-15-16-37-41(26-33)59(2)58-47(37)38-18-20-45(62)56-50(38)65/h3-6,9-17,19,26,31,38H,7-8,18,20-25,27-29H2,1-2H3,(H,53,63)(H,66,67)(H,54,57,64)(H,56,62,65). The molecule has 0 bridgehead atoms. The minimum atomic E-state index is -1.14. The van der Waals surface area contributed by atoms with Gasteiger partial charge in [-0.05, 0) is 128 Å². The number of aromatic carboxylic acids is 1. The number of carboxylic acid groups (broad SMARTS) is 1. The highest BCUT2D eigenvalue weighted by Gasteiger charge is 2.32. The molecule has 10 rings (SSSR count). The van der Waals surface area contributed by atoms with Crippen molar-refractivity contribution in [2.75, 3.05) is 48.3 Å². The van der Waals surface area contributed by atoms with Crippen LogP contribution in [-0.2, 0) is 34.4 Å². The quantitative estimate of drug-likeness (QED) is 0.0613. The van der Waals surface area contributed by atoms with Crippen LogP contribution < -0.4 is 25.6 Å². The zero-order valence-corrected chi connectivity index (χ0v) is 39.1. The highest BCUT2D eigenvalue weighted by atomic mass is 32.1. The fourth-order valence-corrected chi connectivity index (χ4v) is 10.8. The van der Waals surface area contributed by atoms with Crippen LogP contribution in [0.1, 0.15) is 81.3 Å². The number of imide groups is 1. The molecule has 69 heavy (non-hydrogen) atoms. The molecule has 0 radical (unpaired) electrons. The SMILES string of the molecule is Cc1c(OCCCC2CCN(CC(=O)Nc3ccc4c(C5CCC(=O)NC5=O)nn(C)c4c3)C2)cccc1-c1ccc(N2CCc3cccc(C(=O)Nc4nc5ccccc5s4)c3C2)nc1C(=O)O. The van der Waals surface area contributed by atoms with Gasteiger partial charge < -0.3 is 20.1 Å². The van der Waals surface area contributed by atoms with Gasteiger partial charge in [-0.2, -0.15) is 5.10 Å². The number of piperidine rings is 1. The van der Waals surface area contributed by atoms with Crippen LogP contribution in [0.3, 0.4) is 0 Å². The molecule has 2 unspecified atom stereocenters. The van der Waals surface area contributed by atoms with Gasteiger partial charge in [-0.3, -0.25) is 39.4 Å². The molecule has 0 saturated carbocycles. The number of nitrogens with zero attached hydrogens (tertiary/aromatic N) is 6. The van der Waals surface area contributed by atoms with Crippen molar-refractivity contribution in [1.82, 2.24) is 30.0 Å². The third kappa shape index (κ3) is 9.52. The van der Waals surface area contributed by atoms with E-state index >= 15 is 0 Å². The Morgan fingerprint density at radius 2 is 1.77 bits per heavy atom. The molecule has 3 aliphatic rings. The van der Waals surface area contributed by atoms with Crippen molar-refractivity contribution in [1.29, 1.82) is 0 Å². The first kappa shape index (κ1) is 45.3. The van der Waals surface area contributed by atoms with Crippen LogP contribution in [0, 0.1) is 12.8 Å². The van der Waals surface area contributed by atoms with Gasteiger partial charge in [0, 0.05) is 55.3 Å². The van der Waals surface area contributed by atoms with E-state index in [0.717, 1.165) is 75.7 Å². The monoisotopic (exact) mass is 945 g/mol. The maximum atomic E-state index is 13.6. The summed E-state index contributed by atoms with van der Waals surface area (Å²) in [6.45, 7) is 5.33. The van der Waals surface area contributed by atoms with Crippen molar-refractivity contribution in [3.05, 3.63) is 125 Å². The predicted octanol–water partition coefficient (Wildman–Crippen LogP) is 7.71. The van der Waals surface area contributed by atoms with Gasteiger partial charge in [-0.15, -0.1) is 0 Å². The van der Waals surface area contributed by atoms with Gasteiger partial charge in [0.05, 0.1) is 40.5 Å². The molecule has 4 amide bonds. The summed E-state index contributed by atoms with van der Waals surface area (Å²) in [6, 6.07) is 28.3. The zero-order valence-electron chi connectivity index (χ0n) is 38.3. The van der Waals surface area contributed by atoms with E-state index in [1.54, 1.807) is 11.7 Å². The van der Waals surface area contributed by atoms with E-state index in [4.69, 9.17) is 9.72 Å². The number of aromatic nitrogens is 4. The van der Waals surface area contributed by atoms with Crippen molar-refractivity contribution in [2.24, 2.45) is 13.0 Å². The summed E-state index contributed by atoms with van der Waals surface area (Å²) in [6.07, 6.45) is 4.10. The molecular weight excluding hydrogens is 895 g/mol. The Hall–Kier alpha value is -7.50. The molecule has 352 valence electrons. The zero-order chi connectivity index (χ0) is 47.8. The van der Waals surface area contributed by atoms with Crippen LogP contribution in [0.4, 0.5) is 16.6 Å². The second-order valence-corrected chi connectivity index (χ2v) is 19.1. The summed E-state index contributed by atoms with van der Waals surface area (Å²) >= 11 is 1.42. The Labute approximate surface area is 401 Å². The second-order valence-electron chi connectivity index (χ2n) is 18.0. The lowest BCUT2D eigenvalue weighted by Crippen LogP contribution is -2.39. The Balaban J connectivity index is 0.725. The van der Waals surface area contributed by atoms with Crippen molar-refractivity contribution in [3.8, 4) is 16.9 Å². The summed E-state index contributed by atoms with van der Waals surface area (Å²) < 4.78 is 9.00. The third-order valence-corrected chi connectivity index (χ3v) is 14.4. The lowest BCUT2D eigenvalue weighted by atomic mass is 9.93. The number of carbonyl (C=O) groups is 5. The number of rotatable bonds is 14. The topological polar surface area (TPSA) is 201 Å². The van der Waals surface area contributed by atoms with E-state index in [1.807, 2.05) is 103 Å². The number of amides is 4. The lowest BCUT2D eigenvalue weighted by molar-refractivity contribution is -0.134. The number of fused-ring (bicyclic) bond motifs is 3. The van der Waals surface area contributed by atoms with Gasteiger partial charge in [0.2, 0.25) is 17.7 Å². The number of carboxylic acids is 1. The van der Waals surface area contributed by atoms with E-state index in [0.29, 0.717) is 77.7 Å². The van der Waals surface area contributed by atoms with Crippen LogP contribution >= 0.6 is 11.3 Å². The maximum absolute atomic E-state index is 13.6. The molecular formula is C52H51N9O7S. The van der Waals surface area contributed by atoms with Crippen LogP contribution in [0.5, 0.6) is 5.75 Å². The first-order valence-corrected chi connectivity index (χ1v) is 24.1. The highest BCUT2D eigenvalue weighted by molar-refractivity contribution is 7.22. The minimum absolute atomic E-state index is 0.0602. The number of likely N-dealkylation sites (tertiary alicyclic amines) is 1. The first-order chi connectivity index (χ1) is 33.4. The molecule has 4 N–H and O–H groups in total. The predicted molar refractivity (Wildman–Crippen MR) is 264 cm³/mol. The number of ether oxygens (including phenoxy) is 1. The number of hydrogen-bond donors (Lipinski definition) is 4. The van der Waals surface area contributed by atoms with Crippen LogP contribution in [0.15, 0.2) is 91.0 Å². The summed E-state index contributed by atoms with van der Waals surface area (Å²) in [7, 11) is 1.80. The van der Waals surface area contributed by atoms with Gasteiger partial charge in [0.25, 0.3) is 5.91 Å². The number of carbonyl (C=O) groups excluding carboxylic acids is 4. The number of aryl methyl sites for hydroxylation is 1. The van der Waals surface area contributed by atoms with E-state index in [2.05, 4.69) is 30.9 Å². The number of nitrogens with one attached hydrogen (secondary N) is 3. The largest absolute Gasteiger partial charge is 0.493 e. The van der Waals surface area contributed by atoms with Crippen LogP contribution in [-0.4, -0.2) is 92.1 Å². The highest BCUT2D eigenvalue weighted by Crippen LogP contribution is 2.36. The summed E-state index contributed by atoms with van der Waals surface area (Å²) in [5, 5.41) is 24.8. The van der Waals surface area contributed by atoms with Gasteiger partial charge in [-0.1, -0.05) is 47.7 Å². The summed E-state index contributed by atoms with van der Waals surface area (Å²) in [4.78, 5) is 77.3. The van der Waals surface area contributed by atoms with Crippen molar-refractivity contribution in [3.63, 3.8) is 0 Å². The molecule has 16 nitrogen and oxygen atoms in total. The molecule has 3 aliphatic heterocycles.